The van der Waals surface area contributed by atoms with Crippen LogP contribution in [0.1, 0.15) is 42.4 Å². The summed E-state index contributed by atoms with van der Waals surface area (Å²) in [6, 6.07) is 10.8. The van der Waals surface area contributed by atoms with E-state index in [1.165, 1.54) is 23.5 Å². The van der Waals surface area contributed by atoms with Crippen LogP contribution in [0.15, 0.2) is 48.9 Å². The van der Waals surface area contributed by atoms with Crippen LogP contribution in [0.2, 0.25) is 0 Å². The first kappa shape index (κ1) is 29.9. The third-order valence-electron chi connectivity index (χ3n) is 9.93. The van der Waals surface area contributed by atoms with Gasteiger partial charge in [-0.05, 0) is 60.9 Å². The third-order valence-corrected chi connectivity index (χ3v) is 9.93. The Kier molecular flexibility index (Phi) is 7.93. The number of nitrogens with zero attached hydrogens (tertiary/aromatic N) is 7. The van der Waals surface area contributed by atoms with E-state index in [0.29, 0.717) is 38.4 Å². The number of ether oxygens (including phenoxy) is 2. The van der Waals surface area contributed by atoms with Crippen molar-refractivity contribution < 1.29 is 19.2 Å². The lowest BCUT2D eigenvalue weighted by Crippen LogP contribution is -2.53. The molecule has 13 heteroatoms. The van der Waals surface area contributed by atoms with E-state index < -0.39 is 4.92 Å². The van der Waals surface area contributed by atoms with Crippen molar-refractivity contribution >= 4 is 28.4 Å². The fourth-order valence-electron chi connectivity index (χ4n) is 7.50. The van der Waals surface area contributed by atoms with Crippen LogP contribution in [0.4, 0.5) is 11.5 Å². The number of amides is 1. The van der Waals surface area contributed by atoms with Crippen LogP contribution in [0.3, 0.4) is 0 Å². The van der Waals surface area contributed by atoms with Crippen molar-refractivity contribution in [3.63, 3.8) is 0 Å². The number of rotatable bonds is 7. The number of hydrogen-bond acceptors (Lipinski definition) is 10. The number of nitro benzene ring substituents is 1. The summed E-state index contributed by atoms with van der Waals surface area (Å²) in [6.07, 6.45) is 7.73. The summed E-state index contributed by atoms with van der Waals surface area (Å²) in [7, 11) is 3.34. The lowest BCUT2D eigenvalue weighted by molar-refractivity contribution is -0.384. The molecule has 13 nitrogen and oxygen atoms in total. The first-order valence-corrected chi connectivity index (χ1v) is 15.8. The second kappa shape index (κ2) is 12.2. The number of methoxy groups -OCH3 is 2. The average Bonchev–Trinajstić information content (AvgIpc) is 3.50. The van der Waals surface area contributed by atoms with Crippen LogP contribution in [0.5, 0.6) is 11.5 Å². The normalized spacial score (nSPS) is 21.3. The molecular weight excluding hydrogens is 588 g/mol. The van der Waals surface area contributed by atoms with Crippen LogP contribution >= 0.6 is 0 Å². The Morgan fingerprint density at radius 2 is 1.83 bits per heavy atom. The molecule has 1 spiro atoms. The highest BCUT2D eigenvalue weighted by Crippen LogP contribution is 2.46. The minimum absolute atomic E-state index is 0.0160. The first-order chi connectivity index (χ1) is 22.4. The second-order valence-corrected chi connectivity index (χ2v) is 12.4. The van der Waals surface area contributed by atoms with Gasteiger partial charge in [-0.1, -0.05) is 12.1 Å². The molecule has 1 aliphatic carbocycles. The van der Waals surface area contributed by atoms with Crippen molar-refractivity contribution in [2.24, 2.45) is 5.92 Å². The van der Waals surface area contributed by atoms with E-state index in [4.69, 9.17) is 9.47 Å². The number of benzene rings is 2. The van der Waals surface area contributed by atoms with Crippen molar-refractivity contribution in [3.8, 4) is 11.5 Å². The molecular formula is C33H38N8O5. The molecule has 0 bridgehead atoms. The summed E-state index contributed by atoms with van der Waals surface area (Å²) < 4.78 is 12.9. The quantitative estimate of drug-likeness (QED) is 0.239. The molecule has 0 atom stereocenters. The van der Waals surface area contributed by atoms with Crippen LogP contribution in [0, 0.1) is 16.0 Å². The smallest absolute Gasteiger partial charge is 0.269 e. The largest absolute Gasteiger partial charge is 0.493 e. The molecule has 2 aliphatic heterocycles. The van der Waals surface area contributed by atoms with Gasteiger partial charge in [0.25, 0.3) is 5.69 Å². The summed E-state index contributed by atoms with van der Waals surface area (Å²) in [5.74, 6) is 2.56. The number of hydrogen-bond donors (Lipinski definition) is 1. The molecule has 7 rings (SSSR count). The van der Waals surface area contributed by atoms with Crippen molar-refractivity contribution in [3.05, 3.63) is 75.7 Å². The Hall–Kier alpha value is -4.78. The highest BCUT2D eigenvalue weighted by molar-refractivity contribution is 5.87. The zero-order valence-corrected chi connectivity index (χ0v) is 26.1. The molecule has 4 heterocycles. The molecule has 46 heavy (non-hydrogen) atoms. The Morgan fingerprint density at radius 1 is 1.07 bits per heavy atom. The number of piperazine rings is 1. The van der Waals surface area contributed by atoms with Gasteiger partial charge >= 0.3 is 0 Å². The Balaban J connectivity index is 0.993. The van der Waals surface area contributed by atoms with Gasteiger partial charge in [0.15, 0.2) is 17.1 Å². The highest BCUT2D eigenvalue weighted by atomic mass is 16.6. The van der Waals surface area contributed by atoms with Gasteiger partial charge in [-0.15, -0.1) is 0 Å². The van der Waals surface area contributed by atoms with Gasteiger partial charge < -0.3 is 24.6 Å². The maximum absolute atomic E-state index is 13.7. The molecule has 1 N–H and O–H groups in total. The number of anilines is 1. The molecule has 4 aromatic rings. The molecule has 1 amide bonds. The monoisotopic (exact) mass is 626 g/mol. The molecule has 0 radical (unpaired) electrons. The average molecular weight is 627 g/mol. The molecule has 1 saturated carbocycles. The van der Waals surface area contributed by atoms with E-state index in [-0.39, 0.29) is 23.1 Å². The topological polar surface area (TPSA) is 141 Å². The Labute approximate surface area is 266 Å². The summed E-state index contributed by atoms with van der Waals surface area (Å²) >= 11 is 0. The zero-order chi connectivity index (χ0) is 31.8. The zero-order valence-electron chi connectivity index (χ0n) is 26.1. The molecule has 3 aliphatic rings. The number of non-ortho nitro benzene ring substituents is 1. The number of nitrogens with one attached hydrogen (secondary N) is 1. The van der Waals surface area contributed by atoms with Crippen molar-refractivity contribution in [1.82, 2.24) is 30.0 Å². The van der Waals surface area contributed by atoms with E-state index in [0.717, 1.165) is 66.9 Å². The lowest BCUT2D eigenvalue weighted by Gasteiger charge is -2.46. The van der Waals surface area contributed by atoms with Gasteiger partial charge in [-0.2, -0.15) is 5.10 Å². The fourth-order valence-corrected chi connectivity index (χ4v) is 7.50. The van der Waals surface area contributed by atoms with Gasteiger partial charge in [0.1, 0.15) is 12.1 Å². The van der Waals surface area contributed by atoms with Gasteiger partial charge in [-0.3, -0.25) is 14.9 Å². The Bertz CT molecular complexity index is 1780. The van der Waals surface area contributed by atoms with Crippen molar-refractivity contribution in [2.75, 3.05) is 51.8 Å². The standard InChI is InChI=1S/C33H38N8O5/c1-45-28-17-24-8-11-36-33(27(24)18-29(28)46-2)9-6-23(7-10-33)32(42)39-14-12-38(13-15-39)30-26-19-37-40(31(26)35-21-34-30)20-22-4-3-5-25(16-22)41(43)44/h3-5,16-19,21,23,36H,6-15,20H2,1-2H3. The van der Waals surface area contributed by atoms with E-state index in [1.807, 2.05) is 11.0 Å². The van der Waals surface area contributed by atoms with Crippen LogP contribution in [-0.2, 0) is 23.3 Å². The van der Waals surface area contributed by atoms with Gasteiger partial charge in [-0.25, -0.2) is 14.6 Å². The number of nitro groups is 1. The second-order valence-electron chi connectivity index (χ2n) is 12.4. The van der Waals surface area contributed by atoms with Crippen LogP contribution < -0.4 is 19.7 Å². The minimum atomic E-state index is -0.400. The summed E-state index contributed by atoms with van der Waals surface area (Å²) in [5.41, 5.74) is 3.91. The number of aromatic nitrogens is 4. The SMILES string of the molecule is COc1cc2c(cc1OC)C1(CCC(C(=O)N3CCN(c4ncnc5c4cnn5Cc4cccc([N+](=O)[O-])c4)CC3)CC1)NCC2. The predicted octanol–water partition coefficient (Wildman–Crippen LogP) is 3.68. The van der Waals surface area contributed by atoms with E-state index >= 15 is 0 Å². The van der Waals surface area contributed by atoms with Crippen LogP contribution in [-0.4, -0.2) is 82.4 Å². The van der Waals surface area contributed by atoms with Gasteiger partial charge in [0, 0.05) is 56.3 Å². The first-order valence-electron chi connectivity index (χ1n) is 15.8. The van der Waals surface area contributed by atoms with Gasteiger partial charge in [0.2, 0.25) is 5.91 Å². The summed E-state index contributed by atoms with van der Waals surface area (Å²) in [5, 5.41) is 20.4. The highest BCUT2D eigenvalue weighted by Gasteiger charge is 2.43. The maximum atomic E-state index is 13.7. The van der Waals surface area contributed by atoms with Crippen molar-refractivity contribution in [2.45, 2.75) is 44.2 Å². The maximum Gasteiger partial charge on any atom is 0.269 e. The summed E-state index contributed by atoms with van der Waals surface area (Å²) in [4.78, 5) is 37.8. The molecule has 1 saturated heterocycles. The van der Waals surface area contributed by atoms with Crippen LogP contribution in [0.25, 0.3) is 11.0 Å². The summed E-state index contributed by atoms with van der Waals surface area (Å²) in [6.45, 7) is 3.86. The molecule has 2 aromatic carbocycles. The van der Waals surface area contributed by atoms with E-state index in [2.05, 4.69) is 37.4 Å². The minimum Gasteiger partial charge on any atom is -0.493 e. The lowest BCUT2D eigenvalue weighted by atomic mass is 9.69. The van der Waals surface area contributed by atoms with E-state index in [9.17, 15) is 14.9 Å². The van der Waals surface area contributed by atoms with E-state index in [1.54, 1.807) is 37.2 Å². The van der Waals surface area contributed by atoms with Crippen molar-refractivity contribution in [1.29, 1.82) is 0 Å². The number of fused-ring (bicyclic) bond motifs is 3. The third kappa shape index (κ3) is 5.38. The Morgan fingerprint density at radius 3 is 2.57 bits per heavy atom. The molecule has 240 valence electrons. The molecule has 0 unspecified atom stereocenters. The molecule has 2 fully saturated rings. The van der Waals surface area contributed by atoms with Gasteiger partial charge in [0.05, 0.1) is 37.3 Å². The number of carbonyl (C=O) groups is 1. The molecule has 2 aromatic heterocycles. The predicted molar refractivity (Wildman–Crippen MR) is 171 cm³/mol. The number of carbonyl (C=O) groups excluding carboxylic acids is 1. The fraction of sp³-hybridized carbons (Fsp3) is 0.455.